The molecular weight excluding hydrogens is 336 g/mol. The lowest BCUT2D eigenvalue weighted by atomic mass is 10.0. The zero-order valence-corrected chi connectivity index (χ0v) is 15.0. The van der Waals surface area contributed by atoms with Crippen LogP contribution >= 0.6 is 0 Å². The van der Waals surface area contributed by atoms with Crippen LogP contribution < -0.4 is 5.32 Å². The molecule has 0 atom stereocenters. The lowest BCUT2D eigenvalue weighted by Gasteiger charge is -2.39. The molecular formula is C15H28N2O6S. The molecule has 2 aliphatic rings. The van der Waals surface area contributed by atoms with E-state index in [0.717, 1.165) is 38.8 Å². The molecule has 0 radical (unpaired) electrons. The Kier molecular flexibility index (Phi) is 9.24. The van der Waals surface area contributed by atoms with E-state index in [-0.39, 0.29) is 18.4 Å². The van der Waals surface area contributed by atoms with Gasteiger partial charge in [-0.2, -0.15) is 0 Å². The van der Waals surface area contributed by atoms with Crippen molar-refractivity contribution in [3.63, 3.8) is 0 Å². The van der Waals surface area contributed by atoms with Gasteiger partial charge in [-0.1, -0.05) is 0 Å². The molecule has 0 aromatic carbocycles. The van der Waals surface area contributed by atoms with Crippen LogP contribution in [0.5, 0.6) is 0 Å². The minimum absolute atomic E-state index is 0.0547. The molecule has 0 bridgehead atoms. The SMILES string of the molecule is COCCC(=O)NC1CCN(C2CCS(=O)(=O)CC2)CC1.O=CO. The molecule has 2 rings (SSSR count). The van der Waals surface area contributed by atoms with Crippen LogP contribution in [0.2, 0.25) is 0 Å². The maximum atomic E-state index is 11.7. The predicted octanol–water partition coefficient (Wildman–Crippen LogP) is -0.118. The van der Waals surface area contributed by atoms with E-state index in [1.807, 2.05) is 0 Å². The average Bonchev–Trinajstić information content (AvgIpc) is 2.55. The molecule has 2 fully saturated rings. The first-order valence-electron chi connectivity index (χ1n) is 8.22. The second-order valence-electron chi connectivity index (χ2n) is 6.11. The third-order valence-electron chi connectivity index (χ3n) is 4.47. The lowest BCUT2D eigenvalue weighted by molar-refractivity contribution is -0.123. The van der Waals surface area contributed by atoms with E-state index in [1.54, 1.807) is 7.11 Å². The highest BCUT2D eigenvalue weighted by molar-refractivity contribution is 7.91. The van der Waals surface area contributed by atoms with Crippen LogP contribution in [-0.4, -0.2) is 81.2 Å². The number of nitrogens with one attached hydrogen (secondary N) is 1. The molecule has 0 aromatic heterocycles. The molecule has 8 nitrogen and oxygen atoms in total. The van der Waals surface area contributed by atoms with Crippen LogP contribution in [0.15, 0.2) is 0 Å². The van der Waals surface area contributed by atoms with Gasteiger partial charge in [0.25, 0.3) is 6.47 Å². The monoisotopic (exact) mass is 364 g/mol. The van der Waals surface area contributed by atoms with E-state index >= 15 is 0 Å². The number of piperidine rings is 1. The fraction of sp³-hybridized carbons (Fsp3) is 0.867. The van der Waals surface area contributed by atoms with Crippen molar-refractivity contribution in [1.29, 1.82) is 0 Å². The molecule has 2 N–H and O–H groups in total. The number of carbonyl (C=O) groups excluding carboxylic acids is 1. The molecule has 0 unspecified atom stereocenters. The number of rotatable bonds is 5. The van der Waals surface area contributed by atoms with Crippen LogP contribution in [0, 0.1) is 0 Å². The number of methoxy groups -OCH3 is 1. The van der Waals surface area contributed by atoms with Crippen LogP contribution in [0.4, 0.5) is 0 Å². The number of likely N-dealkylation sites (tertiary alicyclic amines) is 1. The predicted molar refractivity (Wildman–Crippen MR) is 89.6 cm³/mol. The molecule has 0 spiro atoms. The average molecular weight is 364 g/mol. The quantitative estimate of drug-likeness (QED) is 0.654. The van der Waals surface area contributed by atoms with E-state index in [2.05, 4.69) is 10.2 Å². The summed E-state index contributed by atoms with van der Waals surface area (Å²) in [6.07, 6.45) is 3.82. The van der Waals surface area contributed by atoms with Gasteiger partial charge in [0.1, 0.15) is 9.84 Å². The Morgan fingerprint density at radius 1 is 1.25 bits per heavy atom. The Balaban J connectivity index is 0.000000891. The van der Waals surface area contributed by atoms with Crippen molar-refractivity contribution in [2.24, 2.45) is 0 Å². The van der Waals surface area contributed by atoms with E-state index in [4.69, 9.17) is 14.6 Å². The van der Waals surface area contributed by atoms with Crippen LogP contribution in [0.25, 0.3) is 0 Å². The first-order valence-corrected chi connectivity index (χ1v) is 10.0. The Morgan fingerprint density at radius 2 is 1.79 bits per heavy atom. The zero-order chi connectivity index (χ0) is 18.0. The summed E-state index contributed by atoms with van der Waals surface area (Å²) in [5, 5.41) is 9.94. The highest BCUT2D eigenvalue weighted by Crippen LogP contribution is 2.22. The van der Waals surface area contributed by atoms with E-state index < -0.39 is 9.84 Å². The van der Waals surface area contributed by atoms with Crippen molar-refractivity contribution in [2.45, 2.75) is 44.2 Å². The van der Waals surface area contributed by atoms with Crippen molar-refractivity contribution < 1.29 is 27.9 Å². The van der Waals surface area contributed by atoms with Gasteiger partial charge >= 0.3 is 0 Å². The van der Waals surface area contributed by atoms with Gasteiger partial charge in [0.05, 0.1) is 18.1 Å². The van der Waals surface area contributed by atoms with Gasteiger partial charge in [-0.3, -0.25) is 9.59 Å². The molecule has 2 aliphatic heterocycles. The lowest BCUT2D eigenvalue weighted by Crippen LogP contribution is -2.49. The third kappa shape index (κ3) is 7.59. The maximum Gasteiger partial charge on any atom is 0.290 e. The second kappa shape index (κ2) is 10.6. The van der Waals surface area contributed by atoms with Gasteiger partial charge in [0.15, 0.2) is 0 Å². The first kappa shape index (κ1) is 20.9. The van der Waals surface area contributed by atoms with Crippen molar-refractivity contribution in [3.05, 3.63) is 0 Å². The number of carbonyl (C=O) groups is 2. The van der Waals surface area contributed by atoms with Crippen LogP contribution in [0.3, 0.4) is 0 Å². The summed E-state index contributed by atoms with van der Waals surface area (Å²) >= 11 is 0. The van der Waals surface area contributed by atoms with Gasteiger partial charge in [-0.15, -0.1) is 0 Å². The molecule has 2 saturated heterocycles. The number of hydrogen-bond donors (Lipinski definition) is 2. The standard InChI is InChI=1S/C14H26N2O4S.CH2O2/c1-20-9-4-14(17)15-12-2-7-16(8-3-12)13-5-10-21(18,19)11-6-13;2-1-3/h12-13H,2-11H2,1H3,(H,15,17);1H,(H,2,3). The fourth-order valence-electron chi connectivity index (χ4n) is 3.15. The van der Waals surface area contributed by atoms with Crippen molar-refractivity contribution >= 4 is 22.2 Å². The van der Waals surface area contributed by atoms with E-state index in [0.29, 0.717) is 30.6 Å². The largest absolute Gasteiger partial charge is 0.483 e. The highest BCUT2D eigenvalue weighted by atomic mass is 32.2. The van der Waals surface area contributed by atoms with Crippen molar-refractivity contribution in [3.8, 4) is 0 Å². The summed E-state index contributed by atoms with van der Waals surface area (Å²) in [4.78, 5) is 22.4. The molecule has 1 amide bonds. The van der Waals surface area contributed by atoms with Crippen LogP contribution in [-0.2, 0) is 24.2 Å². The number of ether oxygens (including phenoxy) is 1. The first-order chi connectivity index (χ1) is 11.4. The summed E-state index contributed by atoms with van der Waals surface area (Å²) in [5.41, 5.74) is 0. The molecule has 0 saturated carbocycles. The molecule has 24 heavy (non-hydrogen) atoms. The highest BCUT2D eigenvalue weighted by Gasteiger charge is 2.30. The zero-order valence-electron chi connectivity index (χ0n) is 14.1. The summed E-state index contributed by atoms with van der Waals surface area (Å²) in [5.74, 6) is 0.704. The summed E-state index contributed by atoms with van der Waals surface area (Å²) in [7, 11) is -1.19. The van der Waals surface area contributed by atoms with Gasteiger partial charge in [-0.05, 0) is 25.7 Å². The second-order valence-corrected chi connectivity index (χ2v) is 8.41. The molecule has 9 heteroatoms. The molecule has 0 aromatic rings. The Morgan fingerprint density at radius 3 is 2.29 bits per heavy atom. The number of carboxylic acid groups (broad SMARTS) is 1. The minimum Gasteiger partial charge on any atom is -0.483 e. The van der Waals surface area contributed by atoms with Crippen LogP contribution in [0.1, 0.15) is 32.1 Å². The summed E-state index contributed by atoms with van der Waals surface area (Å²) in [6.45, 7) is 2.10. The molecule has 0 aliphatic carbocycles. The molecule has 2 heterocycles. The smallest absolute Gasteiger partial charge is 0.290 e. The van der Waals surface area contributed by atoms with Crippen molar-refractivity contribution in [1.82, 2.24) is 10.2 Å². The maximum absolute atomic E-state index is 11.7. The van der Waals surface area contributed by atoms with Crippen molar-refractivity contribution in [2.75, 3.05) is 38.3 Å². The Hall–Kier alpha value is -1.19. The Labute approximate surface area is 143 Å². The van der Waals surface area contributed by atoms with Gasteiger partial charge < -0.3 is 20.1 Å². The Bertz CT molecular complexity index is 474. The fourth-order valence-corrected chi connectivity index (χ4v) is 4.61. The number of hydrogen-bond acceptors (Lipinski definition) is 6. The van der Waals surface area contributed by atoms with Gasteiger partial charge in [0.2, 0.25) is 5.91 Å². The molecule has 140 valence electrons. The number of sulfone groups is 1. The number of nitrogens with zero attached hydrogens (tertiary/aromatic N) is 1. The minimum atomic E-state index is -2.79. The van der Waals surface area contributed by atoms with Gasteiger partial charge in [-0.25, -0.2) is 8.42 Å². The number of amides is 1. The normalized spacial score (nSPS) is 22.2. The summed E-state index contributed by atoms with van der Waals surface area (Å²) < 4.78 is 27.8. The van der Waals surface area contributed by atoms with Gasteiger partial charge in [0, 0.05) is 38.7 Å². The third-order valence-corrected chi connectivity index (χ3v) is 6.18. The van der Waals surface area contributed by atoms with E-state index in [9.17, 15) is 13.2 Å². The topological polar surface area (TPSA) is 113 Å². The summed E-state index contributed by atoms with van der Waals surface area (Å²) in [6, 6.07) is 0.650. The van der Waals surface area contributed by atoms with E-state index in [1.165, 1.54) is 0 Å².